The Balaban J connectivity index is 1.42. The van der Waals surface area contributed by atoms with Crippen molar-refractivity contribution in [1.29, 1.82) is 0 Å². The van der Waals surface area contributed by atoms with Crippen LogP contribution < -0.4 is 11.1 Å². The summed E-state index contributed by atoms with van der Waals surface area (Å²) in [6.45, 7) is 3.16. The van der Waals surface area contributed by atoms with Gasteiger partial charge in [0.2, 0.25) is 5.91 Å². The quantitative estimate of drug-likeness (QED) is 0.865. The minimum absolute atomic E-state index is 0.104. The van der Waals surface area contributed by atoms with Gasteiger partial charge in [0.15, 0.2) is 0 Å². The fourth-order valence-corrected chi connectivity index (χ4v) is 3.59. The molecular weight excluding hydrogens is 316 g/mol. The molecule has 2 aliphatic heterocycles. The fraction of sp³-hybridized carbons (Fsp3) is 0.579. The smallest absolute Gasteiger partial charge is 0.319 e. The SMILES string of the molecule is N[C@H](Cc1ccccc1)C(=O)NC1CCN(C(=O)N2CCCC2)CC1. The zero-order valence-corrected chi connectivity index (χ0v) is 14.7. The van der Waals surface area contributed by atoms with Gasteiger partial charge in [0.1, 0.15) is 0 Å². The van der Waals surface area contributed by atoms with Gasteiger partial charge in [0.05, 0.1) is 6.04 Å². The zero-order valence-electron chi connectivity index (χ0n) is 14.7. The average Bonchev–Trinajstić information content (AvgIpc) is 3.17. The Labute approximate surface area is 149 Å². The van der Waals surface area contributed by atoms with Crippen LogP contribution in [0.15, 0.2) is 30.3 Å². The van der Waals surface area contributed by atoms with Crippen LogP contribution in [0.25, 0.3) is 0 Å². The van der Waals surface area contributed by atoms with Crippen molar-refractivity contribution < 1.29 is 9.59 Å². The molecule has 0 bridgehead atoms. The third kappa shape index (κ3) is 4.72. The topological polar surface area (TPSA) is 78.7 Å². The monoisotopic (exact) mass is 344 g/mol. The van der Waals surface area contributed by atoms with Crippen LogP contribution >= 0.6 is 0 Å². The second-order valence-corrected chi connectivity index (χ2v) is 7.04. The van der Waals surface area contributed by atoms with Crippen molar-refractivity contribution in [2.24, 2.45) is 5.73 Å². The molecule has 0 spiro atoms. The Hall–Kier alpha value is -2.08. The lowest BCUT2D eigenvalue weighted by Crippen LogP contribution is -2.52. The lowest BCUT2D eigenvalue weighted by atomic mass is 10.0. The van der Waals surface area contributed by atoms with Crippen molar-refractivity contribution in [3.05, 3.63) is 35.9 Å². The number of amides is 3. The van der Waals surface area contributed by atoms with E-state index < -0.39 is 6.04 Å². The van der Waals surface area contributed by atoms with E-state index in [0.717, 1.165) is 44.3 Å². The molecule has 2 fully saturated rings. The highest BCUT2D eigenvalue weighted by atomic mass is 16.2. The standard InChI is InChI=1S/C19H28N4O2/c20-17(14-15-6-2-1-3-7-15)18(24)21-16-8-12-23(13-9-16)19(25)22-10-4-5-11-22/h1-3,6-7,16-17H,4-5,8-14,20H2,(H,21,24)/t17-/m1/s1. The van der Waals surface area contributed by atoms with Gasteiger partial charge in [-0.05, 0) is 37.7 Å². The average molecular weight is 344 g/mol. The van der Waals surface area contributed by atoms with Crippen molar-refractivity contribution in [1.82, 2.24) is 15.1 Å². The number of hydrogen-bond acceptors (Lipinski definition) is 3. The van der Waals surface area contributed by atoms with E-state index in [9.17, 15) is 9.59 Å². The lowest BCUT2D eigenvalue weighted by Gasteiger charge is -2.35. The molecule has 0 unspecified atom stereocenters. The maximum absolute atomic E-state index is 12.4. The van der Waals surface area contributed by atoms with Gasteiger partial charge in [-0.15, -0.1) is 0 Å². The van der Waals surface area contributed by atoms with Crippen LogP contribution in [0.1, 0.15) is 31.2 Å². The number of nitrogens with zero attached hydrogens (tertiary/aromatic N) is 2. The van der Waals surface area contributed by atoms with Gasteiger partial charge in [-0.3, -0.25) is 4.79 Å². The van der Waals surface area contributed by atoms with E-state index in [2.05, 4.69) is 5.32 Å². The summed E-state index contributed by atoms with van der Waals surface area (Å²) in [7, 11) is 0. The summed E-state index contributed by atoms with van der Waals surface area (Å²) in [6, 6.07) is 9.55. The molecule has 136 valence electrons. The van der Waals surface area contributed by atoms with Gasteiger partial charge in [0.25, 0.3) is 0 Å². The Morgan fingerprint density at radius 1 is 1.04 bits per heavy atom. The minimum atomic E-state index is -0.535. The molecule has 2 heterocycles. The molecule has 2 aliphatic rings. The predicted octanol–water partition coefficient (Wildman–Crippen LogP) is 1.35. The molecule has 0 aliphatic carbocycles. The van der Waals surface area contributed by atoms with Crippen molar-refractivity contribution in [3.63, 3.8) is 0 Å². The number of benzene rings is 1. The van der Waals surface area contributed by atoms with E-state index in [1.54, 1.807) is 0 Å². The number of likely N-dealkylation sites (tertiary alicyclic amines) is 2. The fourth-order valence-electron chi connectivity index (χ4n) is 3.59. The molecule has 6 nitrogen and oxygen atoms in total. The van der Waals surface area contributed by atoms with Gasteiger partial charge in [0, 0.05) is 32.2 Å². The first-order chi connectivity index (χ1) is 12.1. The molecule has 1 atom stereocenters. The van der Waals surface area contributed by atoms with Gasteiger partial charge >= 0.3 is 6.03 Å². The van der Waals surface area contributed by atoms with Crippen molar-refractivity contribution in [2.45, 2.75) is 44.2 Å². The molecule has 25 heavy (non-hydrogen) atoms. The number of carbonyl (C=O) groups excluding carboxylic acids is 2. The Kier molecular flexibility index (Phi) is 5.91. The van der Waals surface area contributed by atoms with E-state index in [4.69, 9.17) is 5.73 Å². The van der Waals surface area contributed by atoms with Crippen molar-refractivity contribution in [3.8, 4) is 0 Å². The lowest BCUT2D eigenvalue weighted by molar-refractivity contribution is -0.123. The van der Waals surface area contributed by atoms with Crippen LogP contribution in [0.2, 0.25) is 0 Å². The molecule has 0 saturated carbocycles. The summed E-state index contributed by atoms with van der Waals surface area (Å²) < 4.78 is 0. The van der Waals surface area contributed by atoms with Crippen LogP contribution in [0.3, 0.4) is 0 Å². The summed E-state index contributed by atoms with van der Waals surface area (Å²) in [5.74, 6) is -0.104. The van der Waals surface area contributed by atoms with E-state index in [-0.39, 0.29) is 18.0 Å². The highest BCUT2D eigenvalue weighted by molar-refractivity contribution is 5.82. The van der Waals surface area contributed by atoms with Crippen molar-refractivity contribution in [2.75, 3.05) is 26.2 Å². The van der Waals surface area contributed by atoms with Crippen LogP contribution in [0.4, 0.5) is 4.79 Å². The number of nitrogens with two attached hydrogens (primary N) is 1. The van der Waals surface area contributed by atoms with E-state index in [1.165, 1.54) is 0 Å². The molecule has 3 amide bonds. The van der Waals surface area contributed by atoms with Crippen molar-refractivity contribution >= 4 is 11.9 Å². The molecule has 1 aromatic carbocycles. The van der Waals surface area contributed by atoms with Gasteiger partial charge in [-0.2, -0.15) is 0 Å². The number of hydrogen-bond donors (Lipinski definition) is 2. The first-order valence-electron chi connectivity index (χ1n) is 9.27. The number of rotatable bonds is 4. The predicted molar refractivity (Wildman–Crippen MR) is 97.1 cm³/mol. The Morgan fingerprint density at radius 3 is 2.28 bits per heavy atom. The molecule has 0 radical (unpaired) electrons. The first-order valence-corrected chi connectivity index (χ1v) is 9.27. The Bertz CT molecular complexity index is 578. The summed E-state index contributed by atoms with van der Waals surface area (Å²) in [6.07, 6.45) is 4.35. The van der Waals surface area contributed by atoms with E-state index in [1.807, 2.05) is 40.1 Å². The molecule has 3 rings (SSSR count). The molecular formula is C19H28N4O2. The largest absolute Gasteiger partial charge is 0.352 e. The maximum Gasteiger partial charge on any atom is 0.319 e. The molecule has 0 aromatic heterocycles. The number of urea groups is 1. The summed E-state index contributed by atoms with van der Waals surface area (Å²) in [5, 5.41) is 3.05. The second kappa shape index (κ2) is 8.34. The van der Waals surface area contributed by atoms with Gasteiger partial charge < -0.3 is 20.9 Å². The second-order valence-electron chi connectivity index (χ2n) is 7.04. The highest BCUT2D eigenvalue weighted by Gasteiger charge is 2.28. The van der Waals surface area contributed by atoms with Gasteiger partial charge in [-0.25, -0.2) is 4.79 Å². The number of carbonyl (C=O) groups is 2. The minimum Gasteiger partial charge on any atom is -0.352 e. The van der Waals surface area contributed by atoms with E-state index >= 15 is 0 Å². The zero-order chi connectivity index (χ0) is 17.6. The first kappa shape index (κ1) is 17.7. The molecule has 2 saturated heterocycles. The third-order valence-corrected chi connectivity index (χ3v) is 5.12. The van der Waals surface area contributed by atoms with E-state index in [0.29, 0.717) is 19.5 Å². The third-order valence-electron chi connectivity index (χ3n) is 5.12. The molecule has 1 aromatic rings. The maximum atomic E-state index is 12.4. The van der Waals surface area contributed by atoms with Crippen LogP contribution in [0, 0.1) is 0 Å². The highest BCUT2D eigenvalue weighted by Crippen LogP contribution is 2.16. The summed E-state index contributed by atoms with van der Waals surface area (Å²) in [5.41, 5.74) is 7.11. The Morgan fingerprint density at radius 2 is 1.64 bits per heavy atom. The molecule has 3 N–H and O–H groups in total. The normalized spacial score (nSPS) is 19.7. The summed E-state index contributed by atoms with van der Waals surface area (Å²) in [4.78, 5) is 28.6. The number of nitrogens with one attached hydrogen (secondary N) is 1. The number of piperidine rings is 1. The van der Waals surface area contributed by atoms with Crippen LogP contribution in [-0.2, 0) is 11.2 Å². The van der Waals surface area contributed by atoms with Crippen LogP contribution in [0.5, 0.6) is 0 Å². The van der Waals surface area contributed by atoms with Crippen LogP contribution in [-0.4, -0.2) is 60.0 Å². The molecule has 6 heteroatoms. The summed E-state index contributed by atoms with van der Waals surface area (Å²) >= 11 is 0. The van der Waals surface area contributed by atoms with Gasteiger partial charge in [-0.1, -0.05) is 30.3 Å².